The second-order valence-electron chi connectivity index (χ2n) is 14.5. The fourth-order valence-electron chi connectivity index (χ4n) is 5.76. The van der Waals surface area contributed by atoms with Crippen LogP contribution in [0.15, 0.2) is 24.3 Å². The molecule has 2 unspecified atom stereocenters. The Bertz CT molecular complexity index is 1020. The predicted octanol–water partition coefficient (Wildman–Crippen LogP) is 11.1. The molecule has 0 aromatic rings. The molecule has 0 radical (unpaired) electrons. The lowest BCUT2D eigenvalue weighted by atomic mass is 10.1. The van der Waals surface area contributed by atoms with Gasteiger partial charge < -0.3 is 25.2 Å². The minimum absolute atomic E-state index is 0.151. The molecule has 0 aliphatic carbocycles. The van der Waals surface area contributed by atoms with Crippen LogP contribution in [-0.4, -0.2) is 59.9 Å². The Morgan fingerprint density at radius 3 is 1.35 bits per heavy atom. The summed E-state index contributed by atoms with van der Waals surface area (Å²) in [5.41, 5.74) is 5.33. The zero-order valence-electron chi connectivity index (χ0n) is 34.1. The van der Waals surface area contributed by atoms with Crippen LogP contribution in [0.5, 0.6) is 0 Å². The second kappa shape index (κ2) is 37.9. The first kappa shape index (κ1) is 52.0. The number of phosphoric ester groups is 1. The van der Waals surface area contributed by atoms with Gasteiger partial charge >= 0.3 is 25.7 Å². The van der Waals surface area contributed by atoms with E-state index in [4.69, 9.17) is 24.8 Å². The molecular weight excluding hydrogens is 709 g/mol. The Labute approximate surface area is 328 Å². The summed E-state index contributed by atoms with van der Waals surface area (Å²) in [6, 6.07) is -1.52. The zero-order chi connectivity index (χ0) is 40.0. The molecule has 0 fully saturated rings. The van der Waals surface area contributed by atoms with Gasteiger partial charge in [0.1, 0.15) is 12.6 Å². The number of carboxylic acids is 1. The van der Waals surface area contributed by atoms with Crippen LogP contribution in [0.25, 0.3) is 0 Å². The molecule has 4 N–H and O–H groups in total. The van der Waals surface area contributed by atoms with Crippen LogP contribution in [0, 0.1) is 0 Å². The quantitative estimate of drug-likeness (QED) is 0.0233. The average molecular weight is 788 g/mol. The molecule has 0 aliphatic rings. The fourth-order valence-corrected chi connectivity index (χ4v) is 6.54. The van der Waals surface area contributed by atoms with Crippen molar-refractivity contribution in [2.24, 2.45) is 5.73 Å². The zero-order valence-corrected chi connectivity index (χ0v) is 35.0. The van der Waals surface area contributed by atoms with Crippen molar-refractivity contribution in [2.75, 3.05) is 19.8 Å². The first-order chi connectivity index (χ1) is 26.1. The molecule has 0 aromatic heterocycles. The minimum atomic E-state index is -4.71. The lowest BCUT2D eigenvalue weighted by Crippen LogP contribution is -2.34. The van der Waals surface area contributed by atoms with E-state index in [0.717, 1.165) is 77.0 Å². The third-order valence-corrected chi connectivity index (χ3v) is 10.1. The minimum Gasteiger partial charge on any atom is -0.480 e. The van der Waals surface area contributed by atoms with Gasteiger partial charge in [-0.25, -0.2) is 4.57 Å². The van der Waals surface area contributed by atoms with Gasteiger partial charge in [0.05, 0.1) is 13.2 Å². The number of unbranched alkanes of at least 4 members (excludes halogenated alkanes) is 22. The van der Waals surface area contributed by atoms with Gasteiger partial charge in [-0.05, 0) is 64.2 Å². The first-order valence-corrected chi connectivity index (χ1v) is 22.9. The molecule has 0 saturated heterocycles. The van der Waals surface area contributed by atoms with Gasteiger partial charge in [0.15, 0.2) is 6.10 Å². The third kappa shape index (κ3) is 36.9. The number of hydrogen-bond acceptors (Lipinski definition) is 9. The number of carboxylic acid groups (broad SMARTS) is 1. The number of allylic oxidation sites excluding steroid dienone is 4. The summed E-state index contributed by atoms with van der Waals surface area (Å²) in [5, 5.41) is 8.88. The molecule has 0 aliphatic heterocycles. The number of phosphoric acid groups is 1. The van der Waals surface area contributed by atoms with E-state index in [9.17, 15) is 23.8 Å². The number of aliphatic carboxylic acids is 1. The summed E-state index contributed by atoms with van der Waals surface area (Å²) in [4.78, 5) is 45.9. The van der Waals surface area contributed by atoms with E-state index in [0.29, 0.717) is 12.8 Å². The van der Waals surface area contributed by atoms with Crippen molar-refractivity contribution in [3.8, 4) is 0 Å². The molecule has 0 aromatic carbocycles. The van der Waals surface area contributed by atoms with Crippen LogP contribution in [0.3, 0.4) is 0 Å². The van der Waals surface area contributed by atoms with Crippen LogP contribution in [0.2, 0.25) is 0 Å². The van der Waals surface area contributed by atoms with Crippen molar-refractivity contribution < 1.29 is 47.5 Å². The Morgan fingerprint density at radius 2 is 0.926 bits per heavy atom. The fraction of sp³-hybridized carbons (Fsp3) is 0.833. The Hall–Kier alpha value is -2.04. The van der Waals surface area contributed by atoms with Crippen LogP contribution >= 0.6 is 7.82 Å². The maximum absolute atomic E-state index is 12.6. The molecule has 0 bridgehead atoms. The summed E-state index contributed by atoms with van der Waals surface area (Å²) in [7, 11) is -4.71. The molecule has 316 valence electrons. The second-order valence-corrected chi connectivity index (χ2v) is 15.9. The number of rotatable bonds is 40. The molecule has 0 saturated carbocycles. The van der Waals surface area contributed by atoms with Crippen LogP contribution in [0.4, 0.5) is 0 Å². The molecule has 0 heterocycles. The molecule has 0 amide bonds. The van der Waals surface area contributed by atoms with Gasteiger partial charge in [-0.3, -0.25) is 23.4 Å². The summed E-state index contributed by atoms with van der Waals surface area (Å²) < 4.78 is 32.6. The summed E-state index contributed by atoms with van der Waals surface area (Å²) in [5.74, 6) is -2.39. The number of ether oxygens (including phenoxy) is 2. The summed E-state index contributed by atoms with van der Waals surface area (Å²) >= 11 is 0. The number of carbonyl (C=O) groups is 3. The van der Waals surface area contributed by atoms with Crippen molar-refractivity contribution >= 4 is 25.7 Å². The van der Waals surface area contributed by atoms with E-state index < -0.39 is 51.1 Å². The highest BCUT2D eigenvalue weighted by Gasteiger charge is 2.28. The normalized spacial score (nSPS) is 14.0. The van der Waals surface area contributed by atoms with Gasteiger partial charge in [-0.15, -0.1) is 0 Å². The monoisotopic (exact) mass is 788 g/mol. The Morgan fingerprint density at radius 1 is 0.556 bits per heavy atom. The highest BCUT2D eigenvalue weighted by atomic mass is 31.2. The number of nitrogens with two attached hydrogens (primary N) is 1. The van der Waals surface area contributed by atoms with Crippen molar-refractivity contribution in [3.63, 3.8) is 0 Å². The largest absolute Gasteiger partial charge is 0.480 e. The van der Waals surface area contributed by atoms with Gasteiger partial charge in [-0.1, -0.05) is 141 Å². The molecule has 3 atom stereocenters. The van der Waals surface area contributed by atoms with E-state index in [2.05, 4.69) is 42.7 Å². The van der Waals surface area contributed by atoms with Crippen molar-refractivity contribution in [3.05, 3.63) is 24.3 Å². The topological polar surface area (TPSA) is 172 Å². The van der Waals surface area contributed by atoms with Crippen LogP contribution in [0.1, 0.15) is 194 Å². The highest BCUT2D eigenvalue weighted by Crippen LogP contribution is 2.43. The van der Waals surface area contributed by atoms with E-state index in [1.165, 1.54) is 77.0 Å². The van der Waals surface area contributed by atoms with Crippen LogP contribution < -0.4 is 5.73 Å². The van der Waals surface area contributed by atoms with Crippen molar-refractivity contribution in [1.29, 1.82) is 0 Å². The molecule has 11 nitrogen and oxygen atoms in total. The predicted molar refractivity (Wildman–Crippen MR) is 217 cm³/mol. The van der Waals surface area contributed by atoms with E-state index in [1.54, 1.807) is 0 Å². The number of hydrogen-bond donors (Lipinski definition) is 3. The molecule has 0 spiro atoms. The average Bonchev–Trinajstić information content (AvgIpc) is 3.14. The standard InChI is InChI=1S/C42H78NO10P/c1-3-5-7-9-11-13-15-17-19-21-23-25-27-29-31-33-40(44)50-35-38(36-51-54(48,49)52-37-39(43)42(46)47)53-41(45)34-32-30-28-26-24-22-20-18-16-14-12-10-8-6-4-2/h17-20,38-39H,3-16,21-37,43H2,1-2H3,(H,46,47)(H,48,49)/b19-17+,20-18+/t38?,39-/m0/s1. The van der Waals surface area contributed by atoms with Gasteiger partial charge in [0.2, 0.25) is 0 Å². The van der Waals surface area contributed by atoms with Crippen LogP contribution in [-0.2, 0) is 37.5 Å². The third-order valence-electron chi connectivity index (χ3n) is 9.17. The molecular formula is C42H78NO10P. The van der Waals surface area contributed by atoms with E-state index in [1.807, 2.05) is 0 Å². The van der Waals surface area contributed by atoms with E-state index >= 15 is 0 Å². The molecule has 0 rings (SSSR count). The molecule has 12 heteroatoms. The van der Waals surface area contributed by atoms with Crippen molar-refractivity contribution in [2.45, 2.75) is 206 Å². The van der Waals surface area contributed by atoms with E-state index in [-0.39, 0.29) is 19.4 Å². The summed E-state index contributed by atoms with van der Waals surface area (Å²) in [6.07, 6.45) is 38.1. The lowest BCUT2D eigenvalue weighted by molar-refractivity contribution is -0.161. The Balaban J connectivity index is 4.40. The first-order valence-electron chi connectivity index (χ1n) is 21.4. The lowest BCUT2D eigenvalue weighted by Gasteiger charge is -2.20. The maximum Gasteiger partial charge on any atom is 0.472 e. The van der Waals surface area contributed by atoms with Gasteiger partial charge in [0, 0.05) is 12.8 Å². The highest BCUT2D eigenvalue weighted by molar-refractivity contribution is 7.47. The van der Waals surface area contributed by atoms with Gasteiger partial charge in [0.25, 0.3) is 0 Å². The SMILES string of the molecule is CCCCCCCC/C=C/CCCCCCCC(=O)OCC(COP(=O)(O)OC[C@H](N)C(=O)O)OC(=O)CCCCCCC/C=C/CCCCCCCC. The maximum atomic E-state index is 12.6. The Kier molecular flexibility index (Phi) is 36.4. The summed E-state index contributed by atoms with van der Waals surface area (Å²) in [6.45, 7) is 2.78. The smallest absolute Gasteiger partial charge is 0.472 e. The number of esters is 2. The number of carbonyl (C=O) groups excluding carboxylic acids is 2. The van der Waals surface area contributed by atoms with Crippen molar-refractivity contribution in [1.82, 2.24) is 0 Å². The van der Waals surface area contributed by atoms with Gasteiger partial charge in [-0.2, -0.15) is 0 Å². The molecule has 54 heavy (non-hydrogen) atoms.